The number of ether oxygens (including phenoxy) is 1. The second-order valence-corrected chi connectivity index (χ2v) is 8.86. The molecule has 162 valence electrons. The third-order valence-corrected chi connectivity index (χ3v) is 5.93. The summed E-state index contributed by atoms with van der Waals surface area (Å²) in [5.41, 5.74) is 1.09. The Bertz CT molecular complexity index is 1220. The number of hydrogen-bond donors (Lipinski definition) is 1. The SMILES string of the molecule is CC[C@@H](C)c1nc2ccc(Br)cc2c(=O)n1N=Cc1ccc(O[C@H](C)C(=O)O)c(Br)c1. The molecule has 0 saturated carbocycles. The van der Waals surface area contributed by atoms with Crippen LogP contribution in [0.25, 0.3) is 10.9 Å². The van der Waals surface area contributed by atoms with Gasteiger partial charge in [0.2, 0.25) is 0 Å². The molecule has 0 saturated heterocycles. The number of rotatable bonds is 7. The van der Waals surface area contributed by atoms with Crippen molar-refractivity contribution in [2.45, 2.75) is 39.2 Å². The summed E-state index contributed by atoms with van der Waals surface area (Å²) in [6.45, 7) is 5.49. The number of benzene rings is 2. The van der Waals surface area contributed by atoms with E-state index in [0.717, 1.165) is 10.9 Å². The van der Waals surface area contributed by atoms with Crippen LogP contribution in [0.3, 0.4) is 0 Å². The van der Waals surface area contributed by atoms with Crippen molar-refractivity contribution in [3.63, 3.8) is 0 Å². The van der Waals surface area contributed by atoms with E-state index >= 15 is 0 Å². The molecule has 0 amide bonds. The van der Waals surface area contributed by atoms with Gasteiger partial charge in [-0.25, -0.2) is 9.78 Å². The normalized spacial score (nSPS) is 13.5. The summed E-state index contributed by atoms with van der Waals surface area (Å²) >= 11 is 6.79. The van der Waals surface area contributed by atoms with Crippen LogP contribution < -0.4 is 10.3 Å². The highest BCUT2D eigenvalue weighted by atomic mass is 79.9. The lowest BCUT2D eigenvalue weighted by Gasteiger charge is -2.14. The van der Waals surface area contributed by atoms with Crippen LogP contribution in [-0.2, 0) is 4.79 Å². The molecule has 0 radical (unpaired) electrons. The molecule has 3 aromatic rings. The minimum atomic E-state index is -1.05. The van der Waals surface area contributed by atoms with Crippen LogP contribution in [0.4, 0.5) is 0 Å². The zero-order valence-electron chi connectivity index (χ0n) is 17.2. The van der Waals surface area contributed by atoms with Gasteiger partial charge in [0.25, 0.3) is 5.56 Å². The van der Waals surface area contributed by atoms with Crippen LogP contribution in [0.5, 0.6) is 5.75 Å². The lowest BCUT2D eigenvalue weighted by molar-refractivity contribution is -0.144. The molecule has 3 rings (SSSR count). The molecule has 0 unspecified atom stereocenters. The summed E-state index contributed by atoms with van der Waals surface area (Å²) in [7, 11) is 0. The second kappa shape index (κ2) is 9.74. The molecule has 0 aliphatic heterocycles. The number of carboxylic acid groups (broad SMARTS) is 1. The summed E-state index contributed by atoms with van der Waals surface area (Å²) in [5, 5.41) is 13.9. The number of aromatic nitrogens is 2. The Balaban J connectivity index is 2.02. The van der Waals surface area contributed by atoms with E-state index in [-0.39, 0.29) is 11.5 Å². The second-order valence-electron chi connectivity index (χ2n) is 7.09. The van der Waals surface area contributed by atoms with Crippen molar-refractivity contribution in [2.75, 3.05) is 0 Å². The summed E-state index contributed by atoms with van der Waals surface area (Å²) in [6.07, 6.45) is 1.40. The minimum Gasteiger partial charge on any atom is -0.479 e. The molecule has 0 bridgehead atoms. The number of carboxylic acids is 1. The maximum absolute atomic E-state index is 13.2. The summed E-state index contributed by atoms with van der Waals surface area (Å²) in [5.74, 6) is -0.0162. The zero-order valence-corrected chi connectivity index (χ0v) is 20.3. The number of hydrogen-bond acceptors (Lipinski definition) is 5. The van der Waals surface area contributed by atoms with Gasteiger partial charge in [0.1, 0.15) is 11.6 Å². The smallest absolute Gasteiger partial charge is 0.344 e. The molecule has 2 aromatic carbocycles. The third-order valence-electron chi connectivity index (χ3n) is 4.82. The quantitative estimate of drug-likeness (QED) is 0.410. The lowest BCUT2D eigenvalue weighted by Crippen LogP contribution is -2.23. The molecule has 1 aromatic heterocycles. The highest BCUT2D eigenvalue weighted by Crippen LogP contribution is 2.27. The van der Waals surface area contributed by atoms with Crippen molar-refractivity contribution in [3.8, 4) is 5.75 Å². The summed E-state index contributed by atoms with van der Waals surface area (Å²) < 4.78 is 8.12. The molecule has 7 nitrogen and oxygen atoms in total. The first-order valence-electron chi connectivity index (χ1n) is 9.66. The van der Waals surface area contributed by atoms with Crippen LogP contribution in [0.2, 0.25) is 0 Å². The number of nitrogens with zero attached hydrogens (tertiary/aromatic N) is 3. The van der Waals surface area contributed by atoms with E-state index in [1.807, 2.05) is 26.0 Å². The number of halogens is 2. The topological polar surface area (TPSA) is 93.8 Å². The maximum Gasteiger partial charge on any atom is 0.344 e. The average Bonchev–Trinajstić information content (AvgIpc) is 2.74. The van der Waals surface area contributed by atoms with Crippen molar-refractivity contribution >= 4 is 54.9 Å². The van der Waals surface area contributed by atoms with E-state index in [2.05, 4.69) is 41.9 Å². The van der Waals surface area contributed by atoms with Gasteiger partial charge in [0.05, 0.1) is 21.6 Å². The van der Waals surface area contributed by atoms with Gasteiger partial charge in [-0.3, -0.25) is 4.79 Å². The molecule has 0 spiro atoms. The van der Waals surface area contributed by atoms with Crippen LogP contribution in [0.15, 0.2) is 55.2 Å². The van der Waals surface area contributed by atoms with Crippen molar-refractivity contribution in [2.24, 2.45) is 5.10 Å². The highest BCUT2D eigenvalue weighted by Gasteiger charge is 2.16. The van der Waals surface area contributed by atoms with Crippen LogP contribution in [0.1, 0.15) is 44.5 Å². The Morgan fingerprint density at radius 3 is 2.65 bits per heavy atom. The predicted molar refractivity (Wildman–Crippen MR) is 127 cm³/mol. The largest absolute Gasteiger partial charge is 0.479 e. The molecule has 1 N–H and O–H groups in total. The molecule has 0 fully saturated rings. The highest BCUT2D eigenvalue weighted by molar-refractivity contribution is 9.10. The van der Waals surface area contributed by atoms with Crippen molar-refractivity contribution in [3.05, 3.63) is 67.1 Å². The minimum absolute atomic E-state index is 0.0397. The van der Waals surface area contributed by atoms with Crippen LogP contribution in [0, 0.1) is 0 Å². The number of fused-ring (bicyclic) bond motifs is 1. The third kappa shape index (κ3) is 5.22. The molecule has 9 heteroatoms. The predicted octanol–water partition coefficient (Wildman–Crippen LogP) is 5.17. The average molecular weight is 551 g/mol. The van der Waals surface area contributed by atoms with E-state index in [9.17, 15) is 9.59 Å². The first-order chi connectivity index (χ1) is 14.7. The van der Waals surface area contributed by atoms with Gasteiger partial charge in [-0.1, -0.05) is 29.8 Å². The van der Waals surface area contributed by atoms with E-state index < -0.39 is 12.1 Å². The first-order valence-corrected chi connectivity index (χ1v) is 11.3. The molecular formula is C22H21Br2N3O4. The Morgan fingerprint density at radius 2 is 2.00 bits per heavy atom. The Labute approximate surface area is 196 Å². The van der Waals surface area contributed by atoms with E-state index in [1.165, 1.54) is 11.6 Å². The Hall–Kier alpha value is -2.52. The first kappa shape index (κ1) is 23.1. The fourth-order valence-corrected chi connectivity index (χ4v) is 3.69. The zero-order chi connectivity index (χ0) is 22.7. The van der Waals surface area contributed by atoms with Crippen molar-refractivity contribution in [1.82, 2.24) is 9.66 Å². The molecular weight excluding hydrogens is 530 g/mol. The van der Waals surface area contributed by atoms with Crippen molar-refractivity contribution < 1.29 is 14.6 Å². The van der Waals surface area contributed by atoms with Gasteiger partial charge in [0, 0.05) is 10.4 Å². The Kier molecular flexibility index (Phi) is 7.27. The van der Waals surface area contributed by atoms with Gasteiger partial charge in [-0.05, 0) is 71.2 Å². The van der Waals surface area contributed by atoms with E-state index in [1.54, 1.807) is 30.5 Å². The van der Waals surface area contributed by atoms with Gasteiger partial charge >= 0.3 is 5.97 Å². The van der Waals surface area contributed by atoms with Crippen LogP contribution in [-0.4, -0.2) is 33.1 Å². The summed E-state index contributed by atoms with van der Waals surface area (Å²) in [4.78, 5) is 28.8. The standard InChI is InChI=1S/C22H21Br2N3O4/c1-4-12(2)20-26-18-7-6-15(23)10-16(18)21(28)27(20)25-11-14-5-8-19(17(24)9-14)31-13(3)22(29)30/h5-13H,4H2,1-3H3,(H,29,30)/t12-,13-/m1/s1. The fourth-order valence-electron chi connectivity index (χ4n) is 2.84. The van der Waals surface area contributed by atoms with Gasteiger partial charge < -0.3 is 9.84 Å². The van der Waals surface area contributed by atoms with Gasteiger partial charge in [0.15, 0.2) is 6.10 Å². The fraction of sp³-hybridized carbons (Fsp3) is 0.273. The van der Waals surface area contributed by atoms with E-state index in [4.69, 9.17) is 9.84 Å². The number of carbonyl (C=O) groups is 1. The molecule has 31 heavy (non-hydrogen) atoms. The number of aliphatic carboxylic acids is 1. The Morgan fingerprint density at radius 1 is 1.26 bits per heavy atom. The van der Waals surface area contributed by atoms with Gasteiger partial charge in [-0.15, -0.1) is 0 Å². The van der Waals surface area contributed by atoms with Crippen LogP contribution >= 0.6 is 31.9 Å². The van der Waals surface area contributed by atoms with Gasteiger partial charge in [-0.2, -0.15) is 9.78 Å². The molecule has 0 aliphatic carbocycles. The summed E-state index contributed by atoms with van der Waals surface area (Å²) in [6, 6.07) is 10.5. The molecule has 0 aliphatic rings. The molecule has 2 atom stereocenters. The van der Waals surface area contributed by atoms with E-state index in [0.29, 0.717) is 32.5 Å². The van der Waals surface area contributed by atoms with Crippen molar-refractivity contribution in [1.29, 1.82) is 0 Å². The monoisotopic (exact) mass is 549 g/mol. The maximum atomic E-state index is 13.2. The lowest BCUT2D eigenvalue weighted by atomic mass is 10.1. The molecule has 1 heterocycles.